The zero-order valence-electron chi connectivity index (χ0n) is 13.3. The van der Waals surface area contributed by atoms with Crippen LogP contribution in [0.15, 0.2) is 24.3 Å². The van der Waals surface area contributed by atoms with Crippen LogP contribution in [0.1, 0.15) is 69.2 Å². The molecule has 0 bridgehead atoms. The fourth-order valence-corrected chi connectivity index (χ4v) is 2.23. The van der Waals surface area contributed by atoms with E-state index in [0.717, 1.165) is 12.8 Å². The molecule has 0 saturated heterocycles. The van der Waals surface area contributed by atoms with Gasteiger partial charge in [0.1, 0.15) is 12.4 Å². The third-order valence-electron chi connectivity index (χ3n) is 3.42. The predicted octanol–water partition coefficient (Wildman–Crippen LogP) is 4.38. The highest BCUT2D eigenvalue weighted by molar-refractivity contribution is 5.98. The van der Waals surface area contributed by atoms with Gasteiger partial charge in [0, 0.05) is 6.42 Å². The Kier molecular flexibility index (Phi) is 8.76. The summed E-state index contributed by atoms with van der Waals surface area (Å²) in [5, 5.41) is 9.28. The van der Waals surface area contributed by atoms with E-state index < -0.39 is 6.10 Å². The molecule has 1 rings (SSSR count). The number of ether oxygens (including phenoxy) is 1. The lowest BCUT2D eigenvalue weighted by Crippen LogP contribution is -2.14. The molecule has 3 nitrogen and oxygen atoms in total. The molecule has 0 aromatic heterocycles. The fraction of sp³-hybridized carbons (Fsp3) is 0.611. The smallest absolute Gasteiger partial charge is 0.166 e. The lowest BCUT2D eigenvalue weighted by molar-refractivity contribution is 0.0963. The second-order valence-electron chi connectivity index (χ2n) is 5.60. The first-order chi connectivity index (χ1) is 10.1. The van der Waals surface area contributed by atoms with E-state index in [1.54, 1.807) is 19.1 Å². The summed E-state index contributed by atoms with van der Waals surface area (Å²) in [6.07, 6.45) is 7.08. The quantitative estimate of drug-likeness (QED) is 0.486. The predicted molar refractivity (Wildman–Crippen MR) is 85.9 cm³/mol. The van der Waals surface area contributed by atoms with Crippen molar-refractivity contribution in [1.82, 2.24) is 0 Å². The normalized spacial score (nSPS) is 12.1. The van der Waals surface area contributed by atoms with Gasteiger partial charge in [-0.25, -0.2) is 0 Å². The molecule has 1 N–H and O–H groups in total. The number of hydrogen-bond donors (Lipinski definition) is 1. The van der Waals surface area contributed by atoms with Gasteiger partial charge in [-0.2, -0.15) is 0 Å². The average molecular weight is 292 g/mol. The third kappa shape index (κ3) is 7.28. The Hall–Kier alpha value is -1.35. The number of carbonyl (C=O) groups excluding carboxylic acids is 1. The second-order valence-corrected chi connectivity index (χ2v) is 5.60. The minimum Gasteiger partial charge on any atom is -0.490 e. The van der Waals surface area contributed by atoms with Gasteiger partial charge in [0.25, 0.3) is 0 Å². The summed E-state index contributed by atoms with van der Waals surface area (Å²) in [5.74, 6) is 0.709. The molecule has 1 unspecified atom stereocenters. The Morgan fingerprint density at radius 3 is 2.52 bits per heavy atom. The summed E-state index contributed by atoms with van der Waals surface area (Å²) < 4.78 is 5.51. The molecule has 0 spiro atoms. The first-order valence-corrected chi connectivity index (χ1v) is 8.08. The molecule has 1 aromatic carbocycles. The van der Waals surface area contributed by atoms with Gasteiger partial charge < -0.3 is 9.84 Å². The molecule has 0 aliphatic rings. The van der Waals surface area contributed by atoms with Crippen molar-refractivity contribution in [3.05, 3.63) is 29.8 Å². The van der Waals surface area contributed by atoms with E-state index in [2.05, 4.69) is 6.92 Å². The number of hydrogen-bond acceptors (Lipinski definition) is 3. The molecule has 0 radical (unpaired) electrons. The molecule has 1 aromatic rings. The van der Waals surface area contributed by atoms with Crippen LogP contribution in [0.2, 0.25) is 0 Å². The largest absolute Gasteiger partial charge is 0.490 e. The maximum atomic E-state index is 12.3. The Morgan fingerprint density at radius 2 is 1.81 bits per heavy atom. The Balaban J connectivity index is 2.42. The van der Waals surface area contributed by atoms with E-state index in [1.165, 1.54) is 25.7 Å². The van der Waals surface area contributed by atoms with Crippen molar-refractivity contribution in [3.8, 4) is 5.75 Å². The Morgan fingerprint density at radius 1 is 1.14 bits per heavy atom. The van der Waals surface area contributed by atoms with Crippen LogP contribution in [0.25, 0.3) is 0 Å². The van der Waals surface area contributed by atoms with E-state index >= 15 is 0 Å². The third-order valence-corrected chi connectivity index (χ3v) is 3.42. The van der Waals surface area contributed by atoms with Crippen LogP contribution in [-0.2, 0) is 0 Å². The molecule has 0 aliphatic heterocycles. The van der Waals surface area contributed by atoms with E-state index in [-0.39, 0.29) is 12.4 Å². The van der Waals surface area contributed by atoms with Crippen LogP contribution >= 0.6 is 0 Å². The van der Waals surface area contributed by atoms with Crippen molar-refractivity contribution in [2.45, 2.75) is 64.9 Å². The van der Waals surface area contributed by atoms with Gasteiger partial charge in [-0.05, 0) is 25.5 Å². The number of rotatable bonds is 11. The Bertz CT molecular complexity index is 413. The van der Waals surface area contributed by atoms with Gasteiger partial charge in [0.15, 0.2) is 5.78 Å². The van der Waals surface area contributed by atoms with E-state index in [4.69, 9.17) is 4.74 Å². The van der Waals surface area contributed by atoms with Gasteiger partial charge in [0.2, 0.25) is 0 Å². The van der Waals surface area contributed by atoms with Gasteiger partial charge in [-0.15, -0.1) is 0 Å². The minimum atomic E-state index is -0.535. The summed E-state index contributed by atoms with van der Waals surface area (Å²) in [5.41, 5.74) is 0.631. The molecule has 3 heteroatoms. The highest BCUT2D eigenvalue weighted by atomic mass is 16.5. The number of aliphatic hydroxyl groups is 1. The average Bonchev–Trinajstić information content (AvgIpc) is 2.48. The van der Waals surface area contributed by atoms with Crippen molar-refractivity contribution in [1.29, 1.82) is 0 Å². The summed E-state index contributed by atoms with van der Waals surface area (Å²) in [6, 6.07) is 7.29. The number of benzene rings is 1. The number of Topliss-reactive ketones (excluding diaryl/α,β-unsaturated/α-hetero) is 1. The standard InChI is InChI=1S/C18H28O3/c1-3-4-5-6-7-8-12-17(20)16-11-9-10-13-18(16)21-14-15(2)19/h9-11,13,15,19H,3-8,12,14H2,1-2H3. The number of aliphatic hydroxyl groups excluding tert-OH is 1. The van der Waals surface area contributed by atoms with Crippen LogP contribution < -0.4 is 4.74 Å². The van der Waals surface area contributed by atoms with Crippen LogP contribution in [0.3, 0.4) is 0 Å². The lowest BCUT2D eigenvalue weighted by atomic mass is 10.0. The zero-order chi connectivity index (χ0) is 15.5. The van der Waals surface area contributed by atoms with Crippen molar-refractivity contribution in [2.24, 2.45) is 0 Å². The van der Waals surface area contributed by atoms with Crippen LogP contribution in [0.4, 0.5) is 0 Å². The van der Waals surface area contributed by atoms with Crippen molar-refractivity contribution in [3.63, 3.8) is 0 Å². The highest BCUT2D eigenvalue weighted by Gasteiger charge is 2.12. The summed E-state index contributed by atoms with van der Waals surface area (Å²) in [7, 11) is 0. The van der Waals surface area contributed by atoms with Crippen LogP contribution in [-0.4, -0.2) is 23.6 Å². The van der Waals surface area contributed by atoms with Crippen LogP contribution in [0.5, 0.6) is 5.75 Å². The maximum Gasteiger partial charge on any atom is 0.166 e. The summed E-state index contributed by atoms with van der Waals surface area (Å²) in [6.45, 7) is 4.08. The summed E-state index contributed by atoms with van der Waals surface area (Å²) >= 11 is 0. The number of carbonyl (C=O) groups is 1. The van der Waals surface area contributed by atoms with Crippen molar-refractivity contribution in [2.75, 3.05) is 6.61 Å². The number of ketones is 1. The van der Waals surface area contributed by atoms with Crippen molar-refractivity contribution < 1.29 is 14.6 Å². The lowest BCUT2D eigenvalue weighted by Gasteiger charge is -2.12. The van der Waals surface area contributed by atoms with Crippen LogP contribution in [0, 0.1) is 0 Å². The number of unbranched alkanes of at least 4 members (excludes halogenated alkanes) is 5. The first-order valence-electron chi connectivity index (χ1n) is 8.08. The minimum absolute atomic E-state index is 0.131. The van der Waals surface area contributed by atoms with Gasteiger partial charge in [0.05, 0.1) is 11.7 Å². The summed E-state index contributed by atoms with van der Waals surface area (Å²) in [4.78, 5) is 12.3. The highest BCUT2D eigenvalue weighted by Crippen LogP contribution is 2.21. The number of para-hydroxylation sites is 1. The topological polar surface area (TPSA) is 46.5 Å². The molecular weight excluding hydrogens is 264 g/mol. The van der Waals surface area contributed by atoms with E-state index in [1.807, 2.05) is 12.1 Å². The molecule has 0 aliphatic carbocycles. The molecule has 1 atom stereocenters. The first kappa shape index (κ1) is 17.7. The van der Waals surface area contributed by atoms with E-state index in [0.29, 0.717) is 17.7 Å². The molecule has 0 saturated carbocycles. The van der Waals surface area contributed by atoms with Gasteiger partial charge in [-0.1, -0.05) is 51.2 Å². The molecule has 0 amide bonds. The molecule has 21 heavy (non-hydrogen) atoms. The SMILES string of the molecule is CCCCCCCCC(=O)c1ccccc1OCC(C)O. The Labute approximate surface area is 128 Å². The van der Waals surface area contributed by atoms with E-state index in [9.17, 15) is 9.90 Å². The maximum absolute atomic E-state index is 12.3. The monoisotopic (exact) mass is 292 g/mol. The fourth-order valence-electron chi connectivity index (χ4n) is 2.23. The zero-order valence-corrected chi connectivity index (χ0v) is 13.3. The molecule has 0 heterocycles. The van der Waals surface area contributed by atoms with Crippen molar-refractivity contribution >= 4 is 5.78 Å². The molecule has 118 valence electrons. The van der Waals surface area contributed by atoms with Gasteiger partial charge >= 0.3 is 0 Å². The molecular formula is C18H28O3. The van der Waals surface area contributed by atoms with Gasteiger partial charge in [-0.3, -0.25) is 4.79 Å². The second kappa shape index (κ2) is 10.4. The molecule has 0 fully saturated rings.